The second-order valence-corrected chi connectivity index (χ2v) is 7.96. The number of benzene rings is 1. The molecule has 156 valence electrons. The van der Waals surface area contributed by atoms with E-state index in [4.69, 9.17) is 31.5 Å². The molecular formula is C20H24ClN3O5. The predicted octanol–water partition coefficient (Wildman–Crippen LogP) is 3.31. The molecule has 0 spiro atoms. The van der Waals surface area contributed by atoms with Gasteiger partial charge < -0.3 is 19.9 Å². The minimum Gasteiger partial charge on any atom is -0.439 e. The fourth-order valence-corrected chi connectivity index (χ4v) is 4.10. The van der Waals surface area contributed by atoms with Gasteiger partial charge in [0.25, 0.3) is 5.56 Å². The van der Waals surface area contributed by atoms with Crippen molar-refractivity contribution in [3.8, 4) is 0 Å². The van der Waals surface area contributed by atoms with Crippen LogP contribution in [0.2, 0.25) is 5.02 Å². The lowest BCUT2D eigenvalue weighted by Gasteiger charge is -2.23. The molecule has 2 heterocycles. The fourth-order valence-electron chi connectivity index (χ4n) is 3.85. The maximum Gasteiger partial charge on any atom is 0.405 e. The molecule has 2 N–H and O–H groups in total. The molecule has 1 saturated heterocycles. The number of nitrogens with two attached hydrogens (primary N) is 1. The van der Waals surface area contributed by atoms with Crippen LogP contribution in [0.15, 0.2) is 23.0 Å². The highest BCUT2D eigenvalue weighted by Gasteiger charge is 2.42. The Bertz CT molecular complexity index is 972. The van der Waals surface area contributed by atoms with E-state index in [1.54, 1.807) is 29.7 Å². The zero-order valence-corrected chi connectivity index (χ0v) is 16.9. The zero-order valence-electron chi connectivity index (χ0n) is 16.2. The first kappa shape index (κ1) is 20.1. The van der Waals surface area contributed by atoms with Crippen LogP contribution in [0.25, 0.3) is 10.9 Å². The summed E-state index contributed by atoms with van der Waals surface area (Å²) >= 11 is 6.27. The van der Waals surface area contributed by atoms with E-state index in [9.17, 15) is 9.59 Å². The maximum absolute atomic E-state index is 13.3. The van der Waals surface area contributed by atoms with Crippen molar-refractivity contribution in [2.45, 2.75) is 51.0 Å². The number of ether oxygens (including phenoxy) is 3. The van der Waals surface area contributed by atoms with Gasteiger partial charge in [-0.05, 0) is 44.7 Å². The van der Waals surface area contributed by atoms with E-state index in [2.05, 4.69) is 4.98 Å². The molecule has 3 unspecified atom stereocenters. The minimum absolute atomic E-state index is 0.104. The highest BCUT2D eigenvalue weighted by molar-refractivity contribution is 6.35. The fraction of sp³-hybridized carbons (Fsp3) is 0.550. The topological polar surface area (TPSA) is 106 Å². The Kier molecular flexibility index (Phi) is 5.76. The van der Waals surface area contributed by atoms with Crippen LogP contribution < -0.4 is 11.3 Å². The van der Waals surface area contributed by atoms with Crippen molar-refractivity contribution in [1.29, 1.82) is 0 Å². The molecule has 2 aliphatic rings. The third kappa shape index (κ3) is 4.24. The van der Waals surface area contributed by atoms with Gasteiger partial charge in [-0.1, -0.05) is 17.7 Å². The number of carbonyl (C=O) groups is 1. The van der Waals surface area contributed by atoms with Crippen LogP contribution >= 0.6 is 11.6 Å². The average molecular weight is 422 g/mol. The van der Waals surface area contributed by atoms with E-state index in [-0.39, 0.29) is 23.8 Å². The normalized spacial score (nSPS) is 25.0. The van der Waals surface area contributed by atoms with Gasteiger partial charge in [-0.2, -0.15) is 0 Å². The number of fused-ring (bicyclic) bond motifs is 1. The van der Waals surface area contributed by atoms with Crippen molar-refractivity contribution in [3.63, 3.8) is 0 Å². The van der Waals surface area contributed by atoms with Crippen LogP contribution in [0, 0.1) is 5.92 Å². The number of carbonyl (C=O) groups excluding carboxylic acids is 1. The molecule has 0 bridgehead atoms. The van der Waals surface area contributed by atoms with E-state index >= 15 is 0 Å². The predicted molar refractivity (Wildman–Crippen MR) is 107 cm³/mol. The molecule has 1 aromatic heterocycles. The Hall–Kier alpha value is -2.16. The number of aromatic nitrogens is 2. The number of hydrogen-bond acceptors (Lipinski definition) is 6. The molecule has 1 aromatic carbocycles. The lowest BCUT2D eigenvalue weighted by Crippen LogP contribution is -2.29. The molecule has 1 aliphatic heterocycles. The lowest BCUT2D eigenvalue weighted by molar-refractivity contribution is -0.165. The quantitative estimate of drug-likeness (QED) is 0.766. The van der Waals surface area contributed by atoms with E-state index in [0.717, 1.165) is 32.3 Å². The van der Waals surface area contributed by atoms with E-state index in [0.29, 0.717) is 28.4 Å². The highest BCUT2D eigenvalue weighted by atomic mass is 35.5. The van der Waals surface area contributed by atoms with Crippen molar-refractivity contribution >= 4 is 28.6 Å². The Labute approximate surface area is 172 Å². The second kappa shape index (κ2) is 8.30. The van der Waals surface area contributed by atoms with E-state index < -0.39 is 12.2 Å². The Morgan fingerprint density at radius 3 is 3.00 bits per heavy atom. The summed E-state index contributed by atoms with van der Waals surface area (Å²) in [5.74, 6) is 0.504. The summed E-state index contributed by atoms with van der Waals surface area (Å²) in [6, 6.07) is 4.99. The molecule has 1 saturated carbocycles. The summed E-state index contributed by atoms with van der Waals surface area (Å²) in [6.07, 6.45) is 1.94. The first-order chi connectivity index (χ1) is 14.0. The number of amides is 1. The van der Waals surface area contributed by atoms with E-state index in [1.165, 1.54) is 0 Å². The molecule has 0 radical (unpaired) electrons. The molecule has 1 aliphatic carbocycles. The van der Waals surface area contributed by atoms with Gasteiger partial charge in [0.15, 0.2) is 18.2 Å². The summed E-state index contributed by atoms with van der Waals surface area (Å²) in [7, 11) is 0. The summed E-state index contributed by atoms with van der Waals surface area (Å²) < 4.78 is 18.2. The van der Waals surface area contributed by atoms with Crippen molar-refractivity contribution in [2.75, 3.05) is 13.2 Å². The smallest absolute Gasteiger partial charge is 0.405 e. The Morgan fingerprint density at radius 1 is 1.45 bits per heavy atom. The molecule has 4 rings (SSSR count). The van der Waals surface area contributed by atoms with Crippen LogP contribution in [0.4, 0.5) is 4.79 Å². The standard InChI is InChI=1S/C20H24ClN3O5/c1-11(29-20(22)26)18-23-14-6-4-5-13(21)17(14)19(25)24(18)15-9-12(15)10-28-16-7-2-3-8-27-16/h4-6,11-12,15-16H,2-3,7-10H2,1H3,(H2,22,26)/t11-,12?,15?,16?/m0/s1. The zero-order chi connectivity index (χ0) is 20.5. The van der Waals surface area contributed by atoms with Crippen molar-refractivity contribution < 1.29 is 19.0 Å². The van der Waals surface area contributed by atoms with Crippen LogP contribution in [-0.4, -0.2) is 35.1 Å². The summed E-state index contributed by atoms with van der Waals surface area (Å²) in [4.78, 5) is 29.1. The van der Waals surface area contributed by atoms with Gasteiger partial charge in [0.2, 0.25) is 0 Å². The Balaban J connectivity index is 1.63. The Morgan fingerprint density at radius 2 is 2.28 bits per heavy atom. The van der Waals surface area contributed by atoms with Crippen molar-refractivity contribution in [3.05, 3.63) is 39.4 Å². The summed E-state index contributed by atoms with van der Waals surface area (Å²) in [5.41, 5.74) is 5.38. The minimum atomic E-state index is -0.922. The molecule has 9 heteroatoms. The van der Waals surface area contributed by atoms with Crippen LogP contribution in [0.5, 0.6) is 0 Å². The summed E-state index contributed by atoms with van der Waals surface area (Å²) in [5, 5.41) is 0.694. The number of halogens is 1. The van der Waals surface area contributed by atoms with Crippen LogP contribution in [0.1, 0.15) is 50.6 Å². The second-order valence-electron chi connectivity index (χ2n) is 7.55. The monoisotopic (exact) mass is 421 g/mol. The van der Waals surface area contributed by atoms with Gasteiger partial charge >= 0.3 is 6.09 Å². The molecule has 1 amide bonds. The summed E-state index contributed by atoms with van der Waals surface area (Å²) in [6.45, 7) is 2.85. The third-order valence-electron chi connectivity index (χ3n) is 5.41. The maximum atomic E-state index is 13.3. The number of rotatable bonds is 6. The molecule has 2 aromatic rings. The molecule has 29 heavy (non-hydrogen) atoms. The van der Waals surface area contributed by atoms with Gasteiger partial charge in [-0.25, -0.2) is 9.78 Å². The number of hydrogen-bond donors (Lipinski definition) is 1. The molecule has 2 fully saturated rings. The van der Waals surface area contributed by atoms with Gasteiger partial charge in [0, 0.05) is 18.6 Å². The van der Waals surface area contributed by atoms with Crippen molar-refractivity contribution in [2.24, 2.45) is 11.7 Å². The first-order valence-electron chi connectivity index (χ1n) is 9.85. The van der Waals surface area contributed by atoms with Gasteiger partial charge in [0.1, 0.15) is 0 Å². The molecule has 8 nitrogen and oxygen atoms in total. The van der Waals surface area contributed by atoms with Crippen LogP contribution in [0.3, 0.4) is 0 Å². The van der Waals surface area contributed by atoms with E-state index in [1.807, 2.05) is 0 Å². The van der Waals surface area contributed by atoms with Gasteiger partial charge in [0.05, 0.1) is 22.5 Å². The lowest BCUT2D eigenvalue weighted by atomic mass is 10.2. The van der Waals surface area contributed by atoms with Gasteiger partial charge in [-0.3, -0.25) is 9.36 Å². The van der Waals surface area contributed by atoms with Crippen molar-refractivity contribution in [1.82, 2.24) is 9.55 Å². The largest absolute Gasteiger partial charge is 0.439 e. The highest BCUT2D eigenvalue weighted by Crippen LogP contribution is 2.44. The van der Waals surface area contributed by atoms with Crippen LogP contribution in [-0.2, 0) is 14.2 Å². The first-order valence-corrected chi connectivity index (χ1v) is 10.2. The van der Waals surface area contributed by atoms with Gasteiger partial charge in [-0.15, -0.1) is 0 Å². The SMILES string of the molecule is C[C@H](OC(N)=O)c1nc2cccc(Cl)c2c(=O)n1C1CC1COC1CCCCO1. The third-order valence-corrected chi connectivity index (χ3v) is 5.73. The molecular weight excluding hydrogens is 398 g/mol. The number of primary amides is 1. The average Bonchev–Trinajstić information content (AvgIpc) is 3.45. The number of nitrogens with zero attached hydrogens (tertiary/aromatic N) is 2. The molecule has 4 atom stereocenters.